The van der Waals surface area contributed by atoms with Gasteiger partial charge in [-0.25, -0.2) is 0 Å². The van der Waals surface area contributed by atoms with Crippen LogP contribution >= 0.6 is 0 Å². The van der Waals surface area contributed by atoms with E-state index >= 15 is 0 Å². The summed E-state index contributed by atoms with van der Waals surface area (Å²) in [6.45, 7) is 1.99. The van der Waals surface area contributed by atoms with Crippen LogP contribution in [0.2, 0.25) is 0 Å². The largest absolute Gasteiger partial charge is 0.616 e. The second-order valence-corrected chi connectivity index (χ2v) is 4.65. The van der Waals surface area contributed by atoms with E-state index in [1.807, 2.05) is 19.2 Å². The molecule has 0 N–H and O–H groups in total. The maximum absolute atomic E-state index is 11.3. The highest BCUT2D eigenvalue weighted by Gasteiger charge is 2.20. The standard InChI is InChI=1S/C9H11NOS/c1-7-9-6-12(11)5-3-8(9)2-4-10-7/h2,4H,3,5-6H2,1H3. The van der Waals surface area contributed by atoms with Crippen LogP contribution in [0.25, 0.3) is 0 Å². The minimum atomic E-state index is -0.652. The van der Waals surface area contributed by atoms with Crippen LogP contribution in [0.15, 0.2) is 12.3 Å². The zero-order chi connectivity index (χ0) is 8.55. The zero-order valence-corrected chi connectivity index (χ0v) is 7.86. The number of aryl methyl sites for hydroxylation is 2. The molecule has 0 amide bonds. The van der Waals surface area contributed by atoms with E-state index in [2.05, 4.69) is 4.98 Å². The summed E-state index contributed by atoms with van der Waals surface area (Å²) in [7, 11) is 0. The number of rotatable bonds is 0. The van der Waals surface area contributed by atoms with E-state index in [1.165, 1.54) is 11.1 Å². The van der Waals surface area contributed by atoms with E-state index in [-0.39, 0.29) is 0 Å². The van der Waals surface area contributed by atoms with Crippen LogP contribution in [0, 0.1) is 6.92 Å². The predicted octanol–water partition coefficient (Wildman–Crippen LogP) is 1.19. The molecule has 0 saturated carbocycles. The molecule has 12 heavy (non-hydrogen) atoms. The van der Waals surface area contributed by atoms with Gasteiger partial charge in [0, 0.05) is 23.9 Å². The fourth-order valence-electron chi connectivity index (χ4n) is 1.54. The molecule has 0 fully saturated rings. The van der Waals surface area contributed by atoms with Gasteiger partial charge in [-0.05, 0) is 29.7 Å². The van der Waals surface area contributed by atoms with Gasteiger partial charge >= 0.3 is 0 Å². The van der Waals surface area contributed by atoms with Gasteiger partial charge in [-0.2, -0.15) is 0 Å². The number of hydrogen-bond acceptors (Lipinski definition) is 2. The van der Waals surface area contributed by atoms with Crippen molar-refractivity contribution in [2.75, 3.05) is 5.75 Å². The molecule has 0 bridgehead atoms. The lowest BCUT2D eigenvalue weighted by Gasteiger charge is -2.20. The van der Waals surface area contributed by atoms with Crippen molar-refractivity contribution in [2.45, 2.75) is 19.1 Å². The third-order valence-corrected chi connectivity index (χ3v) is 3.54. The first-order valence-electron chi connectivity index (χ1n) is 4.05. The number of pyridine rings is 1. The molecule has 2 rings (SSSR count). The van der Waals surface area contributed by atoms with Gasteiger partial charge in [-0.1, -0.05) is 0 Å². The monoisotopic (exact) mass is 181 g/mol. The topological polar surface area (TPSA) is 36.0 Å². The van der Waals surface area contributed by atoms with Crippen LogP contribution in [0.5, 0.6) is 0 Å². The molecule has 64 valence electrons. The van der Waals surface area contributed by atoms with Gasteiger partial charge in [-0.15, -0.1) is 0 Å². The molecule has 3 heteroatoms. The lowest BCUT2D eigenvalue weighted by molar-refractivity contribution is 0.590. The smallest absolute Gasteiger partial charge is 0.132 e. The molecule has 2 heterocycles. The Balaban J connectivity index is 2.43. The highest BCUT2D eigenvalue weighted by Crippen LogP contribution is 2.21. The Bertz CT molecular complexity index is 301. The van der Waals surface area contributed by atoms with E-state index < -0.39 is 11.2 Å². The van der Waals surface area contributed by atoms with Crippen LogP contribution < -0.4 is 0 Å². The van der Waals surface area contributed by atoms with Crippen molar-refractivity contribution >= 4 is 11.2 Å². The molecule has 0 radical (unpaired) electrons. The van der Waals surface area contributed by atoms with Gasteiger partial charge in [0.25, 0.3) is 0 Å². The van der Waals surface area contributed by atoms with Gasteiger partial charge in [0.1, 0.15) is 11.5 Å². The summed E-state index contributed by atoms with van der Waals surface area (Å²) in [6.07, 6.45) is 2.79. The zero-order valence-electron chi connectivity index (χ0n) is 7.04. The van der Waals surface area contributed by atoms with E-state index in [9.17, 15) is 4.55 Å². The summed E-state index contributed by atoms with van der Waals surface area (Å²) in [5, 5.41) is 0. The lowest BCUT2D eigenvalue weighted by atomic mass is 10.1. The molecule has 0 saturated heterocycles. The first kappa shape index (κ1) is 8.08. The van der Waals surface area contributed by atoms with Gasteiger partial charge in [0.2, 0.25) is 0 Å². The molecule has 0 aliphatic carbocycles. The Morgan fingerprint density at radius 2 is 2.42 bits per heavy atom. The summed E-state index contributed by atoms with van der Waals surface area (Å²) in [5.74, 6) is 1.52. The fourth-order valence-corrected chi connectivity index (χ4v) is 2.85. The molecule has 1 aliphatic rings. The molecule has 1 aromatic rings. The Kier molecular flexibility index (Phi) is 2.07. The first-order valence-corrected chi connectivity index (χ1v) is 5.54. The number of hydrogen-bond donors (Lipinski definition) is 0. The number of aromatic nitrogens is 1. The quantitative estimate of drug-likeness (QED) is 0.564. The fraction of sp³-hybridized carbons (Fsp3) is 0.444. The Labute approximate surface area is 75.2 Å². The van der Waals surface area contributed by atoms with Crippen LogP contribution in [0.3, 0.4) is 0 Å². The summed E-state index contributed by atoms with van der Waals surface area (Å²) in [6, 6.07) is 2.04. The number of nitrogens with zero attached hydrogens (tertiary/aromatic N) is 1. The second kappa shape index (κ2) is 3.07. The average molecular weight is 181 g/mol. The first-order chi connectivity index (χ1) is 5.77. The van der Waals surface area contributed by atoms with Gasteiger partial charge in [-0.3, -0.25) is 4.98 Å². The molecule has 1 aromatic heterocycles. The molecule has 1 aliphatic heterocycles. The van der Waals surface area contributed by atoms with E-state index in [0.717, 1.165) is 17.9 Å². The second-order valence-electron chi connectivity index (χ2n) is 3.07. The molecule has 1 atom stereocenters. The summed E-state index contributed by atoms with van der Waals surface area (Å²) < 4.78 is 11.3. The minimum Gasteiger partial charge on any atom is -0.616 e. The van der Waals surface area contributed by atoms with Crippen molar-refractivity contribution in [3.05, 3.63) is 29.1 Å². The molecule has 0 spiro atoms. The average Bonchev–Trinajstić information content (AvgIpc) is 2.07. The minimum absolute atomic E-state index is 0.652. The van der Waals surface area contributed by atoms with Crippen molar-refractivity contribution < 1.29 is 4.55 Å². The normalized spacial score (nSPS) is 22.0. The molecular weight excluding hydrogens is 170 g/mol. The SMILES string of the molecule is Cc1nccc2c1C[S+]([O-])CC2. The van der Waals surface area contributed by atoms with Gasteiger partial charge < -0.3 is 4.55 Å². The van der Waals surface area contributed by atoms with E-state index in [1.54, 1.807) is 0 Å². The number of fused-ring (bicyclic) bond motifs is 1. The third kappa shape index (κ3) is 1.34. The predicted molar refractivity (Wildman–Crippen MR) is 49.4 cm³/mol. The summed E-state index contributed by atoms with van der Waals surface area (Å²) in [5.41, 5.74) is 3.59. The molecule has 2 nitrogen and oxygen atoms in total. The maximum atomic E-state index is 11.3. The Morgan fingerprint density at radius 3 is 3.25 bits per heavy atom. The van der Waals surface area contributed by atoms with E-state index in [0.29, 0.717) is 5.75 Å². The molecule has 1 unspecified atom stereocenters. The lowest BCUT2D eigenvalue weighted by Crippen LogP contribution is -2.20. The Hall–Kier alpha value is -0.540. The van der Waals surface area contributed by atoms with Crippen molar-refractivity contribution in [1.29, 1.82) is 0 Å². The van der Waals surface area contributed by atoms with Crippen LogP contribution in [0.4, 0.5) is 0 Å². The van der Waals surface area contributed by atoms with E-state index in [4.69, 9.17) is 0 Å². The highest BCUT2D eigenvalue weighted by molar-refractivity contribution is 7.90. The highest BCUT2D eigenvalue weighted by atomic mass is 32.2. The maximum Gasteiger partial charge on any atom is 0.132 e. The summed E-state index contributed by atoms with van der Waals surface area (Å²) in [4.78, 5) is 4.19. The molecule has 0 aromatic carbocycles. The van der Waals surface area contributed by atoms with Crippen LogP contribution in [0.1, 0.15) is 16.8 Å². The van der Waals surface area contributed by atoms with Crippen LogP contribution in [-0.4, -0.2) is 15.3 Å². The van der Waals surface area contributed by atoms with Gasteiger partial charge in [0.15, 0.2) is 0 Å². The molecular formula is C9H11NOS. The summed E-state index contributed by atoms with van der Waals surface area (Å²) >= 11 is -0.652. The third-order valence-electron chi connectivity index (χ3n) is 2.27. The van der Waals surface area contributed by atoms with Crippen molar-refractivity contribution in [3.63, 3.8) is 0 Å². The van der Waals surface area contributed by atoms with Gasteiger partial charge in [0.05, 0.1) is 0 Å². The van der Waals surface area contributed by atoms with Crippen LogP contribution in [-0.2, 0) is 23.3 Å². The van der Waals surface area contributed by atoms with Crippen molar-refractivity contribution in [2.24, 2.45) is 0 Å². The Morgan fingerprint density at radius 1 is 1.58 bits per heavy atom. The van der Waals surface area contributed by atoms with Crippen molar-refractivity contribution in [1.82, 2.24) is 4.98 Å². The van der Waals surface area contributed by atoms with Crippen molar-refractivity contribution in [3.8, 4) is 0 Å².